The van der Waals surface area contributed by atoms with Crippen molar-refractivity contribution in [2.45, 2.75) is 9.59 Å². The van der Waals surface area contributed by atoms with Crippen molar-refractivity contribution >= 4 is 44.9 Å². The highest BCUT2D eigenvalue weighted by Crippen LogP contribution is 2.40. The van der Waals surface area contributed by atoms with E-state index >= 15 is 0 Å². The second-order valence-electron chi connectivity index (χ2n) is 6.06. The fourth-order valence-corrected chi connectivity index (χ4v) is 4.93. The Kier molecular flexibility index (Phi) is 5.55. The van der Waals surface area contributed by atoms with E-state index in [4.69, 9.17) is 0 Å². The molecule has 2 heterocycles. The lowest BCUT2D eigenvalue weighted by atomic mass is 10.0. The monoisotopic (exact) mass is 406 g/mol. The summed E-state index contributed by atoms with van der Waals surface area (Å²) in [6.07, 6.45) is 3.56. The maximum Gasteiger partial charge on any atom is 0.206 e. The first kappa shape index (κ1) is 18.5. The van der Waals surface area contributed by atoms with Crippen molar-refractivity contribution in [2.24, 2.45) is 0 Å². The summed E-state index contributed by atoms with van der Waals surface area (Å²) >= 11 is 2.86. The summed E-state index contributed by atoms with van der Waals surface area (Å²) in [4.78, 5) is 16.7. The summed E-state index contributed by atoms with van der Waals surface area (Å²) in [6.45, 7) is 4.31. The van der Waals surface area contributed by atoms with Crippen LogP contribution in [0.15, 0.2) is 77.8 Å². The lowest BCUT2D eigenvalue weighted by Gasteiger charge is -2.14. The number of thioether (sulfide) groups is 1. The van der Waals surface area contributed by atoms with Gasteiger partial charge < -0.3 is 10.3 Å². The summed E-state index contributed by atoms with van der Waals surface area (Å²) in [7, 11) is 0. The normalized spacial score (nSPS) is 12.0. The Morgan fingerprint density at radius 2 is 1.96 bits per heavy atom. The van der Waals surface area contributed by atoms with Crippen LogP contribution in [-0.4, -0.2) is 27.5 Å². The number of carbonyl (C=O) groups is 1. The number of para-hydroxylation sites is 1. The SMILES string of the molecule is C=CCNc1nnc(S[C@H](C(=O)c2c[nH]c3ccccc23)c2ccccc2)s1. The molecule has 0 saturated heterocycles. The number of carbonyl (C=O) groups excluding carboxylic acids is 1. The highest BCUT2D eigenvalue weighted by Gasteiger charge is 2.27. The molecule has 0 spiro atoms. The predicted octanol–water partition coefficient (Wildman–Crippen LogP) is 5.33. The number of aromatic amines is 1. The number of nitrogens with one attached hydrogen (secondary N) is 2. The third-order valence-electron chi connectivity index (χ3n) is 4.22. The van der Waals surface area contributed by atoms with Gasteiger partial charge in [-0.15, -0.1) is 16.8 Å². The lowest BCUT2D eigenvalue weighted by Crippen LogP contribution is -2.09. The molecule has 4 aromatic rings. The fraction of sp³-hybridized carbons (Fsp3) is 0.0952. The van der Waals surface area contributed by atoms with Gasteiger partial charge >= 0.3 is 0 Å². The lowest BCUT2D eigenvalue weighted by molar-refractivity contribution is 0.0991. The number of H-pyrrole nitrogens is 1. The number of anilines is 1. The van der Waals surface area contributed by atoms with Gasteiger partial charge in [0.15, 0.2) is 10.1 Å². The highest BCUT2D eigenvalue weighted by atomic mass is 32.2. The van der Waals surface area contributed by atoms with Crippen molar-refractivity contribution in [1.29, 1.82) is 0 Å². The number of hydrogen-bond acceptors (Lipinski definition) is 6. The minimum absolute atomic E-state index is 0.0458. The predicted molar refractivity (Wildman–Crippen MR) is 116 cm³/mol. The molecule has 0 radical (unpaired) electrons. The first-order chi connectivity index (χ1) is 13.8. The molecule has 0 saturated carbocycles. The van der Waals surface area contributed by atoms with Crippen molar-refractivity contribution in [3.8, 4) is 0 Å². The molecule has 7 heteroatoms. The number of rotatable bonds is 8. The van der Waals surface area contributed by atoms with E-state index in [9.17, 15) is 4.79 Å². The van der Waals surface area contributed by atoms with E-state index in [1.54, 1.807) is 12.3 Å². The third kappa shape index (κ3) is 3.85. The number of hydrogen-bond donors (Lipinski definition) is 2. The Morgan fingerprint density at radius 3 is 2.79 bits per heavy atom. The number of ketones is 1. The van der Waals surface area contributed by atoms with Crippen molar-refractivity contribution in [3.05, 3.63) is 84.6 Å². The van der Waals surface area contributed by atoms with Crippen molar-refractivity contribution in [3.63, 3.8) is 0 Å². The molecular weight excluding hydrogens is 388 g/mol. The van der Waals surface area contributed by atoms with E-state index in [-0.39, 0.29) is 5.78 Å². The molecule has 0 aliphatic heterocycles. The Hall–Kier alpha value is -2.90. The largest absolute Gasteiger partial charge is 0.360 e. The van der Waals surface area contributed by atoms with Crippen LogP contribution < -0.4 is 5.32 Å². The van der Waals surface area contributed by atoms with Crippen LogP contribution in [0.1, 0.15) is 21.2 Å². The van der Waals surface area contributed by atoms with Crippen LogP contribution in [0.3, 0.4) is 0 Å². The second-order valence-corrected chi connectivity index (χ2v) is 8.39. The van der Waals surface area contributed by atoms with Gasteiger partial charge in [0.25, 0.3) is 0 Å². The van der Waals surface area contributed by atoms with Gasteiger partial charge in [-0.2, -0.15) is 0 Å². The summed E-state index contributed by atoms with van der Waals surface area (Å²) in [5.74, 6) is 0.0458. The average Bonchev–Trinajstić information content (AvgIpc) is 3.37. The van der Waals surface area contributed by atoms with Crippen LogP contribution >= 0.6 is 23.1 Å². The number of fused-ring (bicyclic) bond motifs is 1. The molecular formula is C21H18N4OS2. The van der Waals surface area contributed by atoms with E-state index in [0.717, 1.165) is 20.8 Å². The number of aromatic nitrogens is 3. The smallest absolute Gasteiger partial charge is 0.206 e. The van der Waals surface area contributed by atoms with Gasteiger partial charge in [0.2, 0.25) is 5.13 Å². The maximum atomic E-state index is 13.5. The zero-order valence-electron chi connectivity index (χ0n) is 15.0. The molecule has 4 rings (SSSR count). The van der Waals surface area contributed by atoms with Crippen LogP contribution in [0, 0.1) is 0 Å². The zero-order chi connectivity index (χ0) is 19.3. The quantitative estimate of drug-likeness (QED) is 0.235. The molecule has 0 unspecified atom stereocenters. The van der Waals surface area contributed by atoms with E-state index in [2.05, 4.69) is 27.1 Å². The molecule has 0 aliphatic carbocycles. The molecule has 140 valence electrons. The fourth-order valence-electron chi connectivity index (χ4n) is 2.91. The van der Waals surface area contributed by atoms with Gasteiger partial charge in [-0.25, -0.2) is 0 Å². The van der Waals surface area contributed by atoms with Crippen LogP contribution in [0.5, 0.6) is 0 Å². The van der Waals surface area contributed by atoms with Gasteiger partial charge in [0.1, 0.15) is 5.25 Å². The zero-order valence-corrected chi connectivity index (χ0v) is 16.6. The van der Waals surface area contributed by atoms with E-state index in [1.807, 2.05) is 54.6 Å². The van der Waals surface area contributed by atoms with Crippen LogP contribution in [-0.2, 0) is 0 Å². The van der Waals surface area contributed by atoms with E-state index in [0.29, 0.717) is 17.2 Å². The highest BCUT2D eigenvalue weighted by molar-refractivity contribution is 8.02. The Balaban J connectivity index is 1.67. The standard InChI is InChI=1S/C21H18N4OS2/c1-2-12-22-20-24-25-21(28-20)27-19(14-8-4-3-5-9-14)18(26)16-13-23-17-11-7-6-10-15(16)17/h2-11,13,19,23H,1,12H2,(H,22,24)/t19-/m0/s1. The number of Topliss-reactive ketones (excluding diaryl/α,β-unsaturated/α-hetero) is 1. The summed E-state index contributed by atoms with van der Waals surface area (Å²) < 4.78 is 0.744. The first-order valence-corrected chi connectivity index (χ1v) is 10.5. The number of nitrogens with zero attached hydrogens (tertiary/aromatic N) is 2. The van der Waals surface area contributed by atoms with Gasteiger partial charge in [-0.05, 0) is 11.6 Å². The molecule has 1 atom stereocenters. The van der Waals surface area contributed by atoms with E-state index < -0.39 is 5.25 Å². The minimum atomic E-state index is -0.402. The molecule has 2 aromatic heterocycles. The van der Waals surface area contributed by atoms with Gasteiger partial charge in [-0.1, -0.05) is 77.7 Å². The van der Waals surface area contributed by atoms with E-state index in [1.165, 1.54) is 23.1 Å². The van der Waals surface area contributed by atoms with Gasteiger partial charge in [0, 0.05) is 29.2 Å². The number of benzene rings is 2. The van der Waals surface area contributed by atoms with Gasteiger partial charge in [-0.3, -0.25) is 4.79 Å². The Bertz CT molecular complexity index is 1100. The molecule has 2 N–H and O–H groups in total. The van der Waals surface area contributed by atoms with Crippen LogP contribution in [0.4, 0.5) is 5.13 Å². The summed E-state index contributed by atoms with van der Waals surface area (Å²) in [5, 5.41) is 12.8. The van der Waals surface area contributed by atoms with Crippen molar-refractivity contribution in [1.82, 2.24) is 15.2 Å². The molecule has 0 amide bonds. The summed E-state index contributed by atoms with van der Waals surface area (Å²) in [5.41, 5.74) is 2.58. The minimum Gasteiger partial charge on any atom is -0.360 e. The maximum absolute atomic E-state index is 13.5. The summed E-state index contributed by atoms with van der Waals surface area (Å²) in [6, 6.07) is 17.6. The molecule has 2 aromatic carbocycles. The molecule has 5 nitrogen and oxygen atoms in total. The molecule has 0 aliphatic rings. The molecule has 0 bridgehead atoms. The molecule has 28 heavy (non-hydrogen) atoms. The second kappa shape index (κ2) is 8.41. The van der Waals surface area contributed by atoms with Gasteiger partial charge in [0.05, 0.1) is 0 Å². The average molecular weight is 407 g/mol. The third-order valence-corrected chi connectivity index (χ3v) is 6.44. The van der Waals surface area contributed by atoms with Crippen molar-refractivity contribution < 1.29 is 4.79 Å². The molecule has 0 fully saturated rings. The van der Waals surface area contributed by atoms with Crippen LogP contribution in [0.2, 0.25) is 0 Å². The van der Waals surface area contributed by atoms with Crippen molar-refractivity contribution in [2.75, 3.05) is 11.9 Å². The Morgan fingerprint density at radius 1 is 1.18 bits per heavy atom. The first-order valence-electron chi connectivity index (χ1n) is 8.76. The topological polar surface area (TPSA) is 70.7 Å². The Labute approximate surface area is 170 Å². The van der Waals surface area contributed by atoms with Crippen LogP contribution in [0.25, 0.3) is 10.9 Å².